The van der Waals surface area contributed by atoms with E-state index in [0.29, 0.717) is 5.75 Å². The molecule has 1 amide bonds. The molecule has 0 saturated carbocycles. The molecule has 0 aliphatic heterocycles. The van der Waals surface area contributed by atoms with Gasteiger partial charge in [0.2, 0.25) is 5.91 Å². The minimum Gasteiger partial charge on any atom is -0.497 e. The lowest BCUT2D eigenvalue weighted by atomic mass is 9.92. The molecule has 5 nitrogen and oxygen atoms in total. The zero-order valence-electron chi connectivity index (χ0n) is 13.9. The largest absolute Gasteiger partial charge is 0.497 e. The topological polar surface area (TPSA) is 75.6 Å². The van der Waals surface area contributed by atoms with Crippen LogP contribution in [-0.2, 0) is 16.1 Å². The molecule has 6 heteroatoms. The van der Waals surface area contributed by atoms with Crippen LogP contribution in [0, 0.1) is 5.82 Å². The van der Waals surface area contributed by atoms with Gasteiger partial charge in [-0.1, -0.05) is 24.3 Å². The highest BCUT2D eigenvalue weighted by molar-refractivity contribution is 5.78. The summed E-state index contributed by atoms with van der Waals surface area (Å²) in [6.07, 6.45) is -0.0872. The van der Waals surface area contributed by atoms with Crippen molar-refractivity contribution in [3.63, 3.8) is 0 Å². The third-order valence-electron chi connectivity index (χ3n) is 3.84. The van der Waals surface area contributed by atoms with Gasteiger partial charge in [0.15, 0.2) is 0 Å². The van der Waals surface area contributed by atoms with Gasteiger partial charge >= 0.3 is 5.97 Å². The normalized spacial score (nSPS) is 11.6. The summed E-state index contributed by atoms with van der Waals surface area (Å²) in [5.74, 6) is -1.33. The average Bonchev–Trinajstić information content (AvgIpc) is 2.60. The molecule has 0 aliphatic carbocycles. The molecule has 0 saturated heterocycles. The van der Waals surface area contributed by atoms with Crippen molar-refractivity contribution in [3.8, 4) is 5.75 Å². The van der Waals surface area contributed by atoms with E-state index in [1.165, 1.54) is 12.1 Å². The van der Waals surface area contributed by atoms with Crippen LogP contribution in [0.4, 0.5) is 4.39 Å². The van der Waals surface area contributed by atoms with Crippen LogP contribution in [-0.4, -0.2) is 24.1 Å². The van der Waals surface area contributed by atoms with E-state index < -0.39 is 11.9 Å². The SMILES string of the molecule is COc1ccc(C(CC(=O)O)CC(=O)NCc2ccc(F)cc2)cc1. The van der Waals surface area contributed by atoms with Crippen molar-refractivity contribution in [2.45, 2.75) is 25.3 Å². The predicted octanol–water partition coefficient (Wildman–Crippen LogP) is 3.10. The van der Waals surface area contributed by atoms with Crippen LogP contribution >= 0.6 is 0 Å². The Kier molecular flexibility index (Phi) is 6.51. The average molecular weight is 345 g/mol. The number of carboxylic acid groups (broad SMARTS) is 1. The molecule has 0 aliphatic rings. The maximum absolute atomic E-state index is 12.9. The number of rotatable bonds is 8. The van der Waals surface area contributed by atoms with Crippen LogP contribution in [0.5, 0.6) is 5.75 Å². The van der Waals surface area contributed by atoms with Gasteiger partial charge in [-0.15, -0.1) is 0 Å². The fourth-order valence-electron chi connectivity index (χ4n) is 2.49. The molecule has 0 radical (unpaired) electrons. The number of aliphatic carboxylic acids is 1. The minimum atomic E-state index is -0.966. The first-order chi connectivity index (χ1) is 12.0. The van der Waals surface area contributed by atoms with Crippen molar-refractivity contribution in [1.29, 1.82) is 0 Å². The number of hydrogen-bond donors (Lipinski definition) is 2. The molecule has 2 N–H and O–H groups in total. The quantitative estimate of drug-likeness (QED) is 0.771. The van der Waals surface area contributed by atoms with E-state index in [0.717, 1.165) is 11.1 Å². The van der Waals surface area contributed by atoms with Gasteiger partial charge in [0.05, 0.1) is 13.5 Å². The van der Waals surface area contributed by atoms with Crippen molar-refractivity contribution < 1.29 is 23.8 Å². The summed E-state index contributed by atoms with van der Waals surface area (Å²) in [7, 11) is 1.55. The highest BCUT2D eigenvalue weighted by atomic mass is 19.1. The van der Waals surface area contributed by atoms with Gasteiger partial charge in [-0.2, -0.15) is 0 Å². The van der Waals surface area contributed by atoms with Crippen LogP contribution < -0.4 is 10.1 Å². The van der Waals surface area contributed by atoms with Crippen molar-refractivity contribution in [2.24, 2.45) is 0 Å². The molecule has 0 bridgehead atoms. The number of hydrogen-bond acceptors (Lipinski definition) is 3. The van der Waals surface area contributed by atoms with Crippen LogP contribution in [0.3, 0.4) is 0 Å². The van der Waals surface area contributed by atoms with Gasteiger partial charge in [-0.05, 0) is 35.4 Å². The lowest BCUT2D eigenvalue weighted by molar-refractivity contribution is -0.137. The number of carbonyl (C=O) groups excluding carboxylic acids is 1. The molecule has 2 aromatic carbocycles. The molecular weight excluding hydrogens is 325 g/mol. The van der Waals surface area contributed by atoms with Gasteiger partial charge in [-0.25, -0.2) is 4.39 Å². The fourth-order valence-corrected chi connectivity index (χ4v) is 2.49. The zero-order chi connectivity index (χ0) is 18.2. The first kappa shape index (κ1) is 18.4. The first-order valence-corrected chi connectivity index (χ1v) is 7.85. The van der Waals surface area contributed by atoms with E-state index in [1.54, 1.807) is 43.5 Å². The van der Waals surface area contributed by atoms with E-state index in [2.05, 4.69) is 5.32 Å². The Balaban J connectivity index is 1.98. The van der Waals surface area contributed by atoms with Gasteiger partial charge < -0.3 is 15.2 Å². The van der Waals surface area contributed by atoms with E-state index in [4.69, 9.17) is 9.84 Å². The number of nitrogens with one attached hydrogen (secondary N) is 1. The second-order valence-corrected chi connectivity index (χ2v) is 5.68. The van der Waals surface area contributed by atoms with Gasteiger partial charge in [0, 0.05) is 18.9 Å². The molecule has 0 fully saturated rings. The maximum Gasteiger partial charge on any atom is 0.303 e. The number of methoxy groups -OCH3 is 1. The van der Waals surface area contributed by atoms with E-state index in [1.807, 2.05) is 0 Å². The highest BCUT2D eigenvalue weighted by Crippen LogP contribution is 2.25. The van der Waals surface area contributed by atoms with E-state index >= 15 is 0 Å². The summed E-state index contributed by atoms with van der Waals surface area (Å²) < 4.78 is 18.0. The third-order valence-corrected chi connectivity index (χ3v) is 3.84. The monoisotopic (exact) mass is 345 g/mol. The number of ether oxygens (including phenoxy) is 1. The van der Waals surface area contributed by atoms with Crippen LogP contribution in [0.15, 0.2) is 48.5 Å². The number of carbonyl (C=O) groups is 2. The Labute approximate surface area is 145 Å². The number of amides is 1. The standard InChI is InChI=1S/C19H20FNO4/c1-25-17-8-4-14(5-9-17)15(11-19(23)24)10-18(22)21-12-13-2-6-16(20)7-3-13/h2-9,15H,10-12H2,1H3,(H,21,22)(H,23,24). The fraction of sp³-hybridized carbons (Fsp3) is 0.263. The molecule has 2 aromatic rings. The number of benzene rings is 2. The summed E-state index contributed by atoms with van der Waals surface area (Å²) in [5.41, 5.74) is 1.54. The smallest absolute Gasteiger partial charge is 0.303 e. The predicted molar refractivity (Wildman–Crippen MR) is 90.9 cm³/mol. The summed E-state index contributed by atoms with van der Waals surface area (Å²) in [6, 6.07) is 12.8. The van der Waals surface area contributed by atoms with Crippen LogP contribution in [0.1, 0.15) is 29.9 Å². The lowest BCUT2D eigenvalue weighted by Crippen LogP contribution is -2.25. The van der Waals surface area contributed by atoms with Crippen molar-refractivity contribution in [1.82, 2.24) is 5.32 Å². The van der Waals surface area contributed by atoms with E-state index in [-0.39, 0.29) is 31.1 Å². The van der Waals surface area contributed by atoms with Crippen molar-refractivity contribution >= 4 is 11.9 Å². The Bertz CT molecular complexity index is 713. The van der Waals surface area contributed by atoms with Gasteiger partial charge in [0.25, 0.3) is 0 Å². The molecule has 0 aromatic heterocycles. The minimum absolute atomic E-state index is 0.0554. The summed E-state index contributed by atoms with van der Waals surface area (Å²) in [5, 5.41) is 11.8. The second kappa shape index (κ2) is 8.82. The zero-order valence-corrected chi connectivity index (χ0v) is 13.9. The Morgan fingerprint density at radius 1 is 1.08 bits per heavy atom. The Morgan fingerprint density at radius 2 is 1.72 bits per heavy atom. The lowest BCUT2D eigenvalue weighted by Gasteiger charge is -2.16. The summed E-state index contributed by atoms with van der Waals surface area (Å²) >= 11 is 0. The van der Waals surface area contributed by atoms with Crippen LogP contribution in [0.25, 0.3) is 0 Å². The van der Waals surface area contributed by atoms with Crippen molar-refractivity contribution in [3.05, 3.63) is 65.5 Å². The Hall–Kier alpha value is -2.89. The third kappa shape index (κ3) is 5.91. The van der Waals surface area contributed by atoms with E-state index in [9.17, 15) is 14.0 Å². The molecule has 0 heterocycles. The number of halogens is 1. The summed E-state index contributed by atoms with van der Waals surface area (Å²) in [6.45, 7) is 0.265. The molecule has 1 atom stereocenters. The maximum atomic E-state index is 12.9. The second-order valence-electron chi connectivity index (χ2n) is 5.68. The molecular formula is C19H20FNO4. The molecule has 25 heavy (non-hydrogen) atoms. The molecule has 0 spiro atoms. The number of carboxylic acids is 1. The van der Waals surface area contributed by atoms with Crippen LogP contribution in [0.2, 0.25) is 0 Å². The van der Waals surface area contributed by atoms with Crippen molar-refractivity contribution in [2.75, 3.05) is 7.11 Å². The molecule has 1 unspecified atom stereocenters. The first-order valence-electron chi connectivity index (χ1n) is 7.85. The van der Waals surface area contributed by atoms with Gasteiger partial charge in [-0.3, -0.25) is 9.59 Å². The van der Waals surface area contributed by atoms with Gasteiger partial charge in [0.1, 0.15) is 11.6 Å². The molecule has 132 valence electrons. The Morgan fingerprint density at radius 3 is 2.28 bits per heavy atom. The highest BCUT2D eigenvalue weighted by Gasteiger charge is 2.19. The molecule has 2 rings (SSSR count). The summed E-state index contributed by atoms with van der Waals surface area (Å²) in [4.78, 5) is 23.3.